The van der Waals surface area contributed by atoms with E-state index in [0.29, 0.717) is 18.7 Å². The summed E-state index contributed by atoms with van der Waals surface area (Å²) in [4.78, 5) is 26.9. The summed E-state index contributed by atoms with van der Waals surface area (Å²) in [5.74, 6) is -0.349. The van der Waals surface area contributed by atoms with Crippen molar-refractivity contribution < 1.29 is 14.3 Å². The van der Waals surface area contributed by atoms with Gasteiger partial charge in [-0.3, -0.25) is 4.90 Å². The van der Waals surface area contributed by atoms with E-state index in [-0.39, 0.29) is 12.0 Å². The standard InChI is InChI=1S/C13H17N3O3S/c1-19-12(17)10-8-3-5-14-7-9(8)20-11(10)16-6-2-4-15-13(16)18/h14H,2-7H2,1H3,(H,15,18). The first-order chi connectivity index (χ1) is 9.72. The molecule has 3 heterocycles. The van der Waals surface area contributed by atoms with Gasteiger partial charge in [0.2, 0.25) is 0 Å². The minimum Gasteiger partial charge on any atom is -0.465 e. The number of methoxy groups -OCH3 is 1. The molecule has 108 valence electrons. The first-order valence-corrected chi connectivity index (χ1v) is 7.53. The van der Waals surface area contributed by atoms with Crippen LogP contribution in [0.5, 0.6) is 0 Å². The van der Waals surface area contributed by atoms with Crippen LogP contribution in [-0.2, 0) is 17.7 Å². The molecule has 1 fully saturated rings. The number of amides is 2. The van der Waals surface area contributed by atoms with Gasteiger partial charge in [0.25, 0.3) is 0 Å². The third-order valence-corrected chi connectivity index (χ3v) is 4.88. The maximum absolute atomic E-state index is 12.1. The lowest BCUT2D eigenvalue weighted by Crippen LogP contribution is -2.46. The Bertz CT molecular complexity index is 555. The molecular formula is C13H17N3O3S. The third kappa shape index (κ3) is 2.16. The average molecular weight is 295 g/mol. The number of urea groups is 1. The van der Waals surface area contributed by atoms with E-state index in [1.807, 2.05) is 0 Å². The number of nitrogens with zero attached hydrogens (tertiary/aromatic N) is 1. The molecule has 0 bridgehead atoms. The van der Waals surface area contributed by atoms with Gasteiger partial charge in [0.15, 0.2) is 0 Å². The second kappa shape index (κ2) is 5.41. The first kappa shape index (κ1) is 13.4. The molecule has 1 aromatic rings. The molecule has 0 spiro atoms. The Morgan fingerprint density at radius 3 is 3.00 bits per heavy atom. The summed E-state index contributed by atoms with van der Waals surface area (Å²) in [7, 11) is 1.38. The number of esters is 1. The van der Waals surface area contributed by atoms with Crippen molar-refractivity contribution in [1.82, 2.24) is 10.6 Å². The molecule has 2 N–H and O–H groups in total. The van der Waals surface area contributed by atoms with Crippen LogP contribution in [-0.4, -0.2) is 38.7 Å². The summed E-state index contributed by atoms with van der Waals surface area (Å²) in [6.07, 6.45) is 1.68. The minimum absolute atomic E-state index is 0.132. The molecule has 7 heteroatoms. The van der Waals surface area contributed by atoms with Gasteiger partial charge in [-0.2, -0.15) is 0 Å². The van der Waals surface area contributed by atoms with Gasteiger partial charge in [-0.1, -0.05) is 0 Å². The van der Waals surface area contributed by atoms with E-state index >= 15 is 0 Å². The highest BCUT2D eigenvalue weighted by atomic mass is 32.1. The van der Waals surface area contributed by atoms with Gasteiger partial charge < -0.3 is 15.4 Å². The third-order valence-electron chi connectivity index (χ3n) is 3.62. The molecule has 2 aliphatic rings. The van der Waals surface area contributed by atoms with E-state index in [4.69, 9.17) is 4.74 Å². The van der Waals surface area contributed by atoms with E-state index < -0.39 is 0 Å². The number of carbonyl (C=O) groups is 2. The summed E-state index contributed by atoms with van der Waals surface area (Å²) < 4.78 is 4.92. The zero-order valence-corrected chi connectivity index (χ0v) is 12.1. The molecule has 1 aromatic heterocycles. The lowest BCUT2D eigenvalue weighted by atomic mass is 10.0. The number of fused-ring (bicyclic) bond motifs is 1. The fourth-order valence-electron chi connectivity index (χ4n) is 2.65. The average Bonchev–Trinajstić information content (AvgIpc) is 2.86. The highest BCUT2D eigenvalue weighted by Crippen LogP contribution is 2.38. The van der Waals surface area contributed by atoms with Gasteiger partial charge in [0, 0.05) is 24.5 Å². The van der Waals surface area contributed by atoms with Crippen LogP contribution in [0.2, 0.25) is 0 Å². The molecular weight excluding hydrogens is 278 g/mol. The van der Waals surface area contributed by atoms with Gasteiger partial charge in [-0.05, 0) is 24.9 Å². The molecule has 0 aromatic carbocycles. The fraction of sp³-hybridized carbons (Fsp3) is 0.538. The molecule has 2 amide bonds. The van der Waals surface area contributed by atoms with Crippen molar-refractivity contribution in [3.8, 4) is 0 Å². The lowest BCUT2D eigenvalue weighted by molar-refractivity contribution is 0.0600. The van der Waals surface area contributed by atoms with E-state index in [1.165, 1.54) is 18.4 Å². The zero-order valence-electron chi connectivity index (χ0n) is 11.3. The second-order valence-corrected chi connectivity index (χ2v) is 5.92. The number of carbonyl (C=O) groups excluding carboxylic acids is 2. The Morgan fingerprint density at radius 1 is 1.40 bits per heavy atom. The van der Waals surface area contributed by atoms with Crippen LogP contribution in [0.1, 0.15) is 27.2 Å². The van der Waals surface area contributed by atoms with Crippen molar-refractivity contribution in [1.29, 1.82) is 0 Å². The number of hydrogen-bond donors (Lipinski definition) is 2. The molecule has 0 aliphatic carbocycles. The molecule has 2 aliphatic heterocycles. The molecule has 0 radical (unpaired) electrons. The smallest absolute Gasteiger partial charge is 0.341 e. The first-order valence-electron chi connectivity index (χ1n) is 6.71. The van der Waals surface area contributed by atoms with Gasteiger partial charge in [-0.15, -0.1) is 11.3 Å². The van der Waals surface area contributed by atoms with Crippen LogP contribution in [0.3, 0.4) is 0 Å². The normalized spacial score (nSPS) is 18.4. The highest BCUT2D eigenvalue weighted by Gasteiger charge is 2.31. The highest BCUT2D eigenvalue weighted by molar-refractivity contribution is 7.17. The minimum atomic E-state index is -0.349. The Morgan fingerprint density at radius 2 is 2.25 bits per heavy atom. The Kier molecular flexibility index (Phi) is 3.62. The van der Waals surface area contributed by atoms with Gasteiger partial charge in [0.1, 0.15) is 5.00 Å². The predicted molar refractivity (Wildman–Crippen MR) is 76.4 cm³/mol. The molecule has 3 rings (SSSR count). The maximum atomic E-state index is 12.1. The SMILES string of the molecule is COC(=O)c1c(N2CCCNC2=O)sc2c1CCNC2. The van der Waals surface area contributed by atoms with Crippen molar-refractivity contribution in [3.05, 3.63) is 16.0 Å². The predicted octanol–water partition coefficient (Wildman–Crippen LogP) is 1.10. The summed E-state index contributed by atoms with van der Waals surface area (Å²) in [5.41, 5.74) is 1.61. The Labute approximate surface area is 121 Å². The van der Waals surface area contributed by atoms with E-state index in [9.17, 15) is 9.59 Å². The number of rotatable bonds is 2. The molecule has 6 nitrogen and oxygen atoms in total. The van der Waals surface area contributed by atoms with Crippen molar-refractivity contribution in [3.63, 3.8) is 0 Å². The zero-order chi connectivity index (χ0) is 14.1. The Balaban J connectivity index is 2.06. The Hall–Kier alpha value is -1.60. The lowest BCUT2D eigenvalue weighted by Gasteiger charge is -2.27. The van der Waals surface area contributed by atoms with Gasteiger partial charge in [0.05, 0.1) is 12.7 Å². The summed E-state index contributed by atoms with van der Waals surface area (Å²) in [5, 5.41) is 6.84. The van der Waals surface area contributed by atoms with Crippen molar-refractivity contribution in [2.45, 2.75) is 19.4 Å². The van der Waals surface area contributed by atoms with Crippen LogP contribution >= 0.6 is 11.3 Å². The summed E-state index contributed by atoms with van der Waals surface area (Å²) in [6, 6.07) is -0.132. The monoisotopic (exact) mass is 295 g/mol. The fourth-order valence-corrected chi connectivity index (χ4v) is 3.97. The quantitative estimate of drug-likeness (QED) is 0.802. The van der Waals surface area contributed by atoms with Crippen molar-refractivity contribution in [2.75, 3.05) is 31.6 Å². The van der Waals surface area contributed by atoms with Gasteiger partial charge in [-0.25, -0.2) is 9.59 Å². The number of thiophene rings is 1. The van der Waals surface area contributed by atoms with Crippen LogP contribution in [0.25, 0.3) is 0 Å². The van der Waals surface area contributed by atoms with E-state index in [2.05, 4.69) is 10.6 Å². The van der Waals surface area contributed by atoms with Crippen LogP contribution in [0.4, 0.5) is 9.80 Å². The summed E-state index contributed by atoms with van der Waals surface area (Å²) in [6.45, 7) is 2.93. The van der Waals surface area contributed by atoms with Crippen LogP contribution < -0.4 is 15.5 Å². The molecule has 0 atom stereocenters. The molecule has 0 unspecified atom stereocenters. The molecule has 20 heavy (non-hydrogen) atoms. The van der Waals surface area contributed by atoms with Crippen molar-refractivity contribution >= 4 is 28.3 Å². The van der Waals surface area contributed by atoms with E-state index in [0.717, 1.165) is 41.4 Å². The number of ether oxygens (including phenoxy) is 1. The van der Waals surface area contributed by atoms with E-state index in [1.54, 1.807) is 4.90 Å². The molecule has 1 saturated heterocycles. The molecule has 0 saturated carbocycles. The van der Waals surface area contributed by atoms with Crippen LogP contribution in [0.15, 0.2) is 0 Å². The van der Waals surface area contributed by atoms with Gasteiger partial charge >= 0.3 is 12.0 Å². The number of anilines is 1. The van der Waals surface area contributed by atoms with Crippen LogP contribution in [0, 0.1) is 0 Å². The maximum Gasteiger partial charge on any atom is 0.341 e. The number of nitrogens with one attached hydrogen (secondary N) is 2. The second-order valence-electron chi connectivity index (χ2n) is 4.84. The number of hydrogen-bond acceptors (Lipinski definition) is 5. The topological polar surface area (TPSA) is 70.7 Å². The summed E-state index contributed by atoms with van der Waals surface area (Å²) >= 11 is 1.52. The largest absolute Gasteiger partial charge is 0.465 e. The van der Waals surface area contributed by atoms with Crippen molar-refractivity contribution in [2.24, 2.45) is 0 Å².